The lowest BCUT2D eigenvalue weighted by molar-refractivity contribution is 0.103. The van der Waals surface area contributed by atoms with Crippen LogP contribution in [0.25, 0.3) is 0 Å². The summed E-state index contributed by atoms with van der Waals surface area (Å²) in [7, 11) is 0. The molecule has 3 aromatic rings. The van der Waals surface area contributed by atoms with Crippen LogP contribution in [0.4, 0.5) is 5.82 Å². The van der Waals surface area contributed by atoms with E-state index in [1.165, 1.54) is 11.3 Å². The van der Waals surface area contributed by atoms with Crippen LogP contribution in [0.5, 0.6) is 0 Å². The molecule has 1 aromatic carbocycles. The quantitative estimate of drug-likeness (QED) is 0.635. The normalized spacial score (nSPS) is 10.6. The summed E-state index contributed by atoms with van der Waals surface area (Å²) in [6.07, 6.45) is 1.85. The number of halogens is 2. The Hall–Kier alpha value is -1.44. The Bertz CT molecular complexity index is 779. The molecule has 22 heavy (non-hydrogen) atoms. The summed E-state index contributed by atoms with van der Waals surface area (Å²) in [5, 5.41) is 7.17. The van der Waals surface area contributed by atoms with Crippen molar-refractivity contribution in [3.05, 3.63) is 67.4 Å². The maximum Gasteiger partial charge on any atom is 0.267 e. The van der Waals surface area contributed by atoms with E-state index >= 15 is 0 Å². The first-order valence-corrected chi connectivity index (χ1v) is 8.85. The van der Waals surface area contributed by atoms with Crippen molar-refractivity contribution in [3.63, 3.8) is 0 Å². The van der Waals surface area contributed by atoms with Crippen molar-refractivity contribution < 1.29 is 4.79 Å². The summed E-state index contributed by atoms with van der Waals surface area (Å²) in [6.45, 7) is 0.673. The van der Waals surface area contributed by atoms with E-state index in [1.807, 2.05) is 36.5 Å². The third-order valence-corrected chi connectivity index (χ3v) is 6.19. The molecule has 0 aliphatic carbocycles. The van der Waals surface area contributed by atoms with Gasteiger partial charge in [0.1, 0.15) is 0 Å². The highest BCUT2D eigenvalue weighted by Crippen LogP contribution is 2.32. The van der Waals surface area contributed by atoms with Crippen LogP contribution in [-0.2, 0) is 6.54 Å². The van der Waals surface area contributed by atoms with Crippen LogP contribution in [0, 0.1) is 0 Å². The average Bonchev–Trinajstić information content (AvgIpc) is 3.07. The molecule has 2 aromatic heterocycles. The molecule has 0 spiro atoms. The van der Waals surface area contributed by atoms with Crippen molar-refractivity contribution in [2.45, 2.75) is 6.54 Å². The highest BCUT2D eigenvalue weighted by molar-refractivity contribution is 9.13. The molecule has 0 bridgehead atoms. The van der Waals surface area contributed by atoms with Crippen LogP contribution < -0.4 is 5.32 Å². The van der Waals surface area contributed by atoms with Gasteiger partial charge in [0, 0.05) is 16.7 Å². The highest BCUT2D eigenvalue weighted by atomic mass is 79.9. The molecule has 0 radical (unpaired) electrons. The van der Waals surface area contributed by atoms with Gasteiger partial charge in [0.15, 0.2) is 5.82 Å². The summed E-state index contributed by atoms with van der Waals surface area (Å²) < 4.78 is 3.56. The lowest BCUT2D eigenvalue weighted by Crippen LogP contribution is -2.11. The number of aromatic nitrogens is 2. The zero-order chi connectivity index (χ0) is 15.5. The Balaban J connectivity index is 1.68. The molecular formula is C15H11Br2N3OS. The van der Waals surface area contributed by atoms with E-state index in [1.54, 1.807) is 16.8 Å². The number of carbonyl (C=O) groups is 1. The van der Waals surface area contributed by atoms with Crippen molar-refractivity contribution in [1.82, 2.24) is 9.78 Å². The van der Waals surface area contributed by atoms with E-state index < -0.39 is 0 Å². The second-order valence-electron chi connectivity index (χ2n) is 4.57. The van der Waals surface area contributed by atoms with Crippen molar-refractivity contribution >= 4 is 54.9 Å². The van der Waals surface area contributed by atoms with E-state index in [0.29, 0.717) is 17.2 Å². The largest absolute Gasteiger partial charge is 0.304 e. The van der Waals surface area contributed by atoms with E-state index in [4.69, 9.17) is 0 Å². The van der Waals surface area contributed by atoms with E-state index in [0.717, 1.165) is 13.8 Å². The SMILES string of the molecule is O=C(Nc1ccn(Cc2ccccc2)n1)c1cc(Br)c(Br)s1. The second-order valence-corrected chi connectivity index (χ2v) is 7.80. The van der Waals surface area contributed by atoms with Crippen molar-refractivity contribution in [1.29, 1.82) is 0 Å². The number of thiophene rings is 1. The van der Waals surface area contributed by atoms with Crippen LogP contribution in [0.3, 0.4) is 0 Å². The molecule has 7 heteroatoms. The van der Waals surface area contributed by atoms with Gasteiger partial charge >= 0.3 is 0 Å². The van der Waals surface area contributed by atoms with Gasteiger partial charge in [-0.05, 0) is 43.5 Å². The first kappa shape index (κ1) is 15.5. The molecule has 0 saturated carbocycles. The fourth-order valence-electron chi connectivity index (χ4n) is 1.92. The molecule has 0 aliphatic rings. The summed E-state index contributed by atoms with van der Waals surface area (Å²) in [4.78, 5) is 12.8. The van der Waals surface area contributed by atoms with Gasteiger partial charge in [-0.3, -0.25) is 9.48 Å². The van der Waals surface area contributed by atoms with Gasteiger partial charge in [0.25, 0.3) is 5.91 Å². The summed E-state index contributed by atoms with van der Waals surface area (Å²) in [5.41, 5.74) is 1.16. The Morgan fingerprint density at radius 1 is 1.23 bits per heavy atom. The van der Waals surface area contributed by atoms with Gasteiger partial charge in [-0.25, -0.2) is 0 Å². The Labute approximate surface area is 148 Å². The van der Waals surface area contributed by atoms with Crippen LogP contribution in [0.1, 0.15) is 15.2 Å². The summed E-state index contributed by atoms with van der Waals surface area (Å²) >= 11 is 8.13. The Kier molecular flexibility index (Phi) is 4.75. The molecule has 0 fully saturated rings. The second kappa shape index (κ2) is 6.76. The van der Waals surface area contributed by atoms with Crippen molar-refractivity contribution in [2.75, 3.05) is 5.32 Å². The van der Waals surface area contributed by atoms with Crippen LogP contribution in [-0.4, -0.2) is 15.7 Å². The number of rotatable bonds is 4. The number of amides is 1. The fraction of sp³-hybridized carbons (Fsp3) is 0.0667. The minimum absolute atomic E-state index is 0.165. The van der Waals surface area contributed by atoms with E-state index in [-0.39, 0.29) is 5.91 Å². The molecule has 1 N–H and O–H groups in total. The smallest absolute Gasteiger partial charge is 0.267 e. The zero-order valence-electron chi connectivity index (χ0n) is 11.3. The predicted octanol–water partition coefficient (Wildman–Crippen LogP) is 4.77. The number of hydrogen-bond donors (Lipinski definition) is 1. The minimum atomic E-state index is -0.165. The molecule has 2 heterocycles. The van der Waals surface area contributed by atoms with Crippen LogP contribution >= 0.6 is 43.2 Å². The predicted molar refractivity (Wildman–Crippen MR) is 95.4 cm³/mol. The first-order valence-electron chi connectivity index (χ1n) is 6.45. The topological polar surface area (TPSA) is 46.9 Å². The molecule has 1 amide bonds. The van der Waals surface area contributed by atoms with Gasteiger partial charge in [0.05, 0.1) is 15.2 Å². The third-order valence-electron chi connectivity index (χ3n) is 2.94. The molecule has 112 valence electrons. The molecule has 0 saturated heterocycles. The standard InChI is InChI=1S/C15H11Br2N3OS/c16-11-8-12(22-14(11)17)15(21)18-13-6-7-20(19-13)9-10-4-2-1-3-5-10/h1-8H,9H2,(H,18,19,21). The van der Waals surface area contributed by atoms with Gasteiger partial charge in [-0.15, -0.1) is 11.3 Å². The molecule has 4 nitrogen and oxygen atoms in total. The number of hydrogen-bond acceptors (Lipinski definition) is 3. The number of benzene rings is 1. The Morgan fingerprint density at radius 2 is 2.00 bits per heavy atom. The molecule has 0 atom stereocenters. The van der Waals surface area contributed by atoms with Crippen molar-refractivity contribution in [3.8, 4) is 0 Å². The van der Waals surface area contributed by atoms with E-state index in [2.05, 4.69) is 42.3 Å². The van der Waals surface area contributed by atoms with Crippen LogP contribution in [0.2, 0.25) is 0 Å². The Morgan fingerprint density at radius 3 is 2.68 bits per heavy atom. The van der Waals surface area contributed by atoms with Gasteiger partial charge in [-0.1, -0.05) is 30.3 Å². The number of nitrogens with zero attached hydrogens (tertiary/aromatic N) is 2. The maximum atomic E-state index is 12.2. The number of anilines is 1. The number of nitrogens with one attached hydrogen (secondary N) is 1. The lowest BCUT2D eigenvalue weighted by Gasteiger charge is -2.02. The highest BCUT2D eigenvalue weighted by Gasteiger charge is 2.13. The van der Waals surface area contributed by atoms with Crippen molar-refractivity contribution in [2.24, 2.45) is 0 Å². The zero-order valence-corrected chi connectivity index (χ0v) is 15.3. The molecule has 0 unspecified atom stereocenters. The number of carbonyl (C=O) groups excluding carboxylic acids is 1. The van der Waals surface area contributed by atoms with Gasteiger partial charge < -0.3 is 5.32 Å². The molecular weight excluding hydrogens is 430 g/mol. The van der Waals surface area contributed by atoms with Gasteiger partial charge in [0.2, 0.25) is 0 Å². The van der Waals surface area contributed by atoms with Crippen LogP contribution in [0.15, 0.2) is 56.9 Å². The van der Waals surface area contributed by atoms with Gasteiger partial charge in [-0.2, -0.15) is 5.10 Å². The molecule has 3 rings (SSSR count). The van der Waals surface area contributed by atoms with E-state index in [9.17, 15) is 4.79 Å². The average molecular weight is 441 g/mol. The summed E-state index contributed by atoms with van der Waals surface area (Å²) in [6, 6.07) is 13.6. The third kappa shape index (κ3) is 3.66. The minimum Gasteiger partial charge on any atom is -0.304 e. The fourth-order valence-corrected chi connectivity index (χ4v) is 3.85. The summed E-state index contributed by atoms with van der Waals surface area (Å²) in [5.74, 6) is 0.378. The maximum absolute atomic E-state index is 12.2. The monoisotopic (exact) mass is 439 g/mol. The lowest BCUT2D eigenvalue weighted by atomic mass is 10.2. The first-order chi connectivity index (χ1) is 10.6. The molecule has 0 aliphatic heterocycles.